The van der Waals surface area contributed by atoms with E-state index in [-0.39, 0.29) is 11.3 Å². The lowest BCUT2D eigenvalue weighted by Gasteiger charge is -2.23. The van der Waals surface area contributed by atoms with E-state index in [1.807, 2.05) is 24.0 Å². The van der Waals surface area contributed by atoms with Gasteiger partial charge in [-0.05, 0) is 47.4 Å². The Hall–Kier alpha value is -2.60. The molecular weight excluding hydrogens is 438 g/mol. The van der Waals surface area contributed by atoms with Crippen molar-refractivity contribution in [2.45, 2.75) is 70.6 Å². The number of thioether (sulfide) groups is 1. The number of anilines is 3. The van der Waals surface area contributed by atoms with Gasteiger partial charge in [0.05, 0.1) is 5.69 Å². The highest BCUT2D eigenvalue weighted by molar-refractivity contribution is 7.99. The summed E-state index contributed by atoms with van der Waals surface area (Å²) < 4.78 is 0. The van der Waals surface area contributed by atoms with Crippen molar-refractivity contribution in [2.24, 2.45) is 0 Å². The van der Waals surface area contributed by atoms with Gasteiger partial charge in [-0.3, -0.25) is 0 Å². The van der Waals surface area contributed by atoms with Crippen molar-refractivity contribution >= 4 is 29.1 Å². The normalized spacial score (nSPS) is 14.1. The molecule has 1 aliphatic heterocycles. The van der Waals surface area contributed by atoms with Crippen molar-refractivity contribution in [3.05, 3.63) is 65.2 Å². The minimum Gasteiger partial charge on any atom is -0.355 e. The van der Waals surface area contributed by atoms with Gasteiger partial charge in [-0.25, -0.2) is 15.0 Å². The minimum atomic E-state index is 0.138. The molecule has 0 aliphatic carbocycles. The molecule has 6 heteroatoms. The molecule has 2 aromatic heterocycles. The summed E-state index contributed by atoms with van der Waals surface area (Å²) >= 11 is 1.86. The minimum absolute atomic E-state index is 0.138. The van der Waals surface area contributed by atoms with Crippen LogP contribution in [0.5, 0.6) is 0 Å². The third kappa shape index (κ3) is 5.54. The second-order valence-electron chi connectivity index (χ2n) is 10.2. The fraction of sp³-hybridized carbons (Fsp3) is 0.464. The summed E-state index contributed by atoms with van der Waals surface area (Å²) in [5.74, 6) is 4.26. The number of pyridine rings is 1. The number of hydrogen-bond donors (Lipinski definition) is 1. The van der Waals surface area contributed by atoms with Crippen molar-refractivity contribution < 1.29 is 0 Å². The fourth-order valence-electron chi connectivity index (χ4n) is 4.27. The molecule has 0 unspecified atom stereocenters. The van der Waals surface area contributed by atoms with Crippen LogP contribution in [0, 0.1) is 0 Å². The number of nitrogens with one attached hydrogen (secondary N) is 1. The third-order valence-corrected chi connectivity index (χ3v) is 7.16. The maximum atomic E-state index is 5.00. The van der Waals surface area contributed by atoms with Gasteiger partial charge < -0.3 is 10.2 Å². The average molecular weight is 476 g/mol. The molecule has 1 N–H and O–H groups in total. The van der Waals surface area contributed by atoms with Gasteiger partial charge in [0.25, 0.3) is 0 Å². The first-order valence-corrected chi connectivity index (χ1v) is 13.3. The summed E-state index contributed by atoms with van der Waals surface area (Å²) in [4.78, 5) is 18.4. The molecule has 0 spiro atoms. The van der Waals surface area contributed by atoms with Crippen molar-refractivity contribution in [3.8, 4) is 0 Å². The Morgan fingerprint density at radius 3 is 2.44 bits per heavy atom. The molecule has 0 bridgehead atoms. The summed E-state index contributed by atoms with van der Waals surface area (Å²) in [6.07, 6.45) is 3.68. The molecule has 1 aliphatic rings. The molecule has 0 radical (unpaired) electrons. The molecule has 180 valence electrons. The fourth-order valence-corrected chi connectivity index (χ4v) is 5.07. The molecule has 0 atom stereocenters. The zero-order valence-corrected chi connectivity index (χ0v) is 22.2. The Balaban J connectivity index is 1.64. The van der Waals surface area contributed by atoms with E-state index in [1.54, 1.807) is 0 Å². The molecule has 0 fully saturated rings. The third-order valence-electron chi connectivity index (χ3n) is 6.24. The van der Waals surface area contributed by atoms with E-state index in [4.69, 9.17) is 15.0 Å². The predicted molar refractivity (Wildman–Crippen MR) is 145 cm³/mol. The Morgan fingerprint density at radius 2 is 1.76 bits per heavy atom. The maximum absolute atomic E-state index is 5.00. The number of hydrogen-bond acceptors (Lipinski definition) is 6. The summed E-state index contributed by atoms with van der Waals surface area (Å²) in [5.41, 5.74) is 4.92. The molecular formula is C28H37N5S. The van der Waals surface area contributed by atoms with Crippen molar-refractivity contribution in [1.29, 1.82) is 0 Å². The molecule has 1 aromatic carbocycles. The van der Waals surface area contributed by atoms with Gasteiger partial charge in [0, 0.05) is 47.8 Å². The van der Waals surface area contributed by atoms with Gasteiger partial charge >= 0.3 is 0 Å². The second-order valence-corrected chi connectivity index (χ2v) is 11.5. The molecule has 34 heavy (non-hydrogen) atoms. The summed E-state index contributed by atoms with van der Waals surface area (Å²) in [6.45, 7) is 15.1. The monoisotopic (exact) mass is 475 g/mol. The van der Waals surface area contributed by atoms with E-state index >= 15 is 0 Å². The van der Waals surface area contributed by atoms with Crippen molar-refractivity contribution in [3.63, 3.8) is 0 Å². The Labute approximate surface area is 208 Å². The first-order chi connectivity index (χ1) is 16.3. The van der Waals surface area contributed by atoms with E-state index in [0.29, 0.717) is 0 Å². The topological polar surface area (TPSA) is 53.9 Å². The highest BCUT2D eigenvalue weighted by Gasteiger charge is 2.23. The van der Waals surface area contributed by atoms with Crippen LogP contribution in [0.3, 0.4) is 0 Å². The SMILES string of the molecule is CCSc1cccnc1N1CCc2nc(C(C)C)nc(Nc3ccc(C(C)(C)C)cc3)c2CC1. The summed E-state index contributed by atoms with van der Waals surface area (Å²) in [5, 5.41) is 3.63. The van der Waals surface area contributed by atoms with E-state index in [1.165, 1.54) is 16.0 Å². The predicted octanol–water partition coefficient (Wildman–Crippen LogP) is 6.75. The maximum Gasteiger partial charge on any atom is 0.142 e. The van der Waals surface area contributed by atoms with Gasteiger partial charge in [0.2, 0.25) is 0 Å². The lowest BCUT2D eigenvalue weighted by molar-refractivity contribution is 0.590. The molecule has 3 aromatic rings. The van der Waals surface area contributed by atoms with Gasteiger partial charge in [-0.15, -0.1) is 11.8 Å². The van der Waals surface area contributed by atoms with E-state index in [0.717, 1.165) is 60.5 Å². The molecule has 4 rings (SSSR count). The number of nitrogens with zero attached hydrogens (tertiary/aromatic N) is 4. The highest BCUT2D eigenvalue weighted by Crippen LogP contribution is 2.32. The quantitative estimate of drug-likeness (QED) is 0.398. The number of benzene rings is 1. The van der Waals surface area contributed by atoms with E-state index in [2.05, 4.69) is 82.1 Å². The molecule has 0 amide bonds. The molecule has 0 saturated heterocycles. The standard InChI is InChI=1S/C28H37N5S/c1-7-34-24-9-8-16-29-27(24)33-17-14-22-23(15-18-33)31-25(19(2)3)32-26(22)30-21-12-10-20(11-13-21)28(4,5)6/h8-13,16,19H,7,14-15,17-18H2,1-6H3,(H,30,31,32). The second kappa shape index (κ2) is 10.3. The largest absolute Gasteiger partial charge is 0.355 e. The highest BCUT2D eigenvalue weighted by atomic mass is 32.2. The van der Waals surface area contributed by atoms with Crippen LogP contribution in [0.4, 0.5) is 17.3 Å². The van der Waals surface area contributed by atoms with E-state index in [9.17, 15) is 0 Å². The van der Waals surface area contributed by atoms with Crippen molar-refractivity contribution in [2.75, 3.05) is 29.1 Å². The zero-order valence-electron chi connectivity index (χ0n) is 21.4. The summed E-state index contributed by atoms with van der Waals surface area (Å²) in [7, 11) is 0. The van der Waals surface area contributed by atoms with Crippen LogP contribution in [-0.4, -0.2) is 33.8 Å². The van der Waals surface area contributed by atoms with Crippen LogP contribution in [0.2, 0.25) is 0 Å². The van der Waals surface area contributed by atoms with Crippen LogP contribution in [0.15, 0.2) is 47.5 Å². The first kappa shape index (κ1) is 24.5. The van der Waals surface area contributed by atoms with Crippen molar-refractivity contribution in [1.82, 2.24) is 15.0 Å². The summed E-state index contributed by atoms with van der Waals surface area (Å²) in [6, 6.07) is 13.0. The van der Waals surface area contributed by atoms with Crippen LogP contribution in [-0.2, 0) is 18.3 Å². The lowest BCUT2D eigenvalue weighted by atomic mass is 9.87. The van der Waals surface area contributed by atoms with Gasteiger partial charge in [-0.1, -0.05) is 53.7 Å². The Morgan fingerprint density at radius 1 is 1.03 bits per heavy atom. The van der Waals surface area contributed by atoms with Crippen LogP contribution < -0.4 is 10.2 Å². The van der Waals surface area contributed by atoms with E-state index < -0.39 is 0 Å². The first-order valence-electron chi connectivity index (χ1n) is 12.4. The van der Waals surface area contributed by atoms with Crippen LogP contribution in [0.1, 0.15) is 70.1 Å². The van der Waals surface area contributed by atoms with Gasteiger partial charge in [-0.2, -0.15) is 0 Å². The smallest absolute Gasteiger partial charge is 0.142 e. The number of fused-ring (bicyclic) bond motifs is 1. The zero-order chi connectivity index (χ0) is 24.3. The number of aromatic nitrogens is 3. The molecule has 3 heterocycles. The molecule has 0 saturated carbocycles. The lowest BCUT2D eigenvalue weighted by Crippen LogP contribution is -2.27. The molecule has 5 nitrogen and oxygen atoms in total. The average Bonchev–Trinajstić information content (AvgIpc) is 3.02. The van der Waals surface area contributed by atoms with Gasteiger partial charge in [0.15, 0.2) is 0 Å². The Bertz CT molecular complexity index is 1120. The van der Waals surface area contributed by atoms with Crippen LogP contribution >= 0.6 is 11.8 Å². The number of rotatable bonds is 6. The Kier molecular flexibility index (Phi) is 7.46. The van der Waals surface area contributed by atoms with Gasteiger partial charge in [0.1, 0.15) is 17.5 Å². The van der Waals surface area contributed by atoms with Crippen LogP contribution in [0.25, 0.3) is 0 Å².